The molecular formula is C18H20N2O. The third kappa shape index (κ3) is 3.13. The maximum absolute atomic E-state index is 12.6. The molecule has 1 saturated heterocycles. The highest BCUT2D eigenvalue weighted by molar-refractivity contribution is 5.95. The van der Waals surface area contributed by atoms with Crippen molar-refractivity contribution in [2.45, 2.75) is 19.8 Å². The lowest BCUT2D eigenvalue weighted by Gasteiger charge is -2.31. The number of nitrogens with zero attached hydrogens (tertiary/aromatic N) is 2. The third-order valence-corrected chi connectivity index (χ3v) is 4.04. The molecule has 3 rings (SSSR count). The van der Waals surface area contributed by atoms with Crippen molar-refractivity contribution < 1.29 is 4.79 Å². The van der Waals surface area contributed by atoms with E-state index in [1.165, 1.54) is 6.42 Å². The Bertz CT molecular complexity index is 624. The molecule has 0 N–H and O–H groups in total. The first-order valence-corrected chi connectivity index (χ1v) is 7.54. The van der Waals surface area contributed by atoms with Gasteiger partial charge in [-0.05, 0) is 30.4 Å². The average molecular weight is 280 g/mol. The number of carbonyl (C=O) groups excluding carboxylic acids is 1. The van der Waals surface area contributed by atoms with Crippen LogP contribution in [0.15, 0.2) is 48.8 Å². The first kappa shape index (κ1) is 13.8. The zero-order valence-electron chi connectivity index (χ0n) is 12.3. The van der Waals surface area contributed by atoms with E-state index in [0.29, 0.717) is 11.5 Å². The molecule has 1 fully saturated rings. The summed E-state index contributed by atoms with van der Waals surface area (Å²) in [5, 5.41) is 0. The molecule has 21 heavy (non-hydrogen) atoms. The molecule has 1 amide bonds. The maximum atomic E-state index is 12.6. The highest BCUT2D eigenvalue weighted by Crippen LogP contribution is 2.21. The number of likely N-dealkylation sites (tertiary alicyclic amines) is 1. The summed E-state index contributed by atoms with van der Waals surface area (Å²) in [6, 6.07) is 12.0. The minimum absolute atomic E-state index is 0.104. The number of benzene rings is 1. The molecule has 1 unspecified atom stereocenters. The van der Waals surface area contributed by atoms with Crippen LogP contribution in [0.5, 0.6) is 0 Å². The summed E-state index contributed by atoms with van der Waals surface area (Å²) in [6.07, 6.45) is 5.80. The molecule has 1 aliphatic heterocycles. The lowest BCUT2D eigenvalue weighted by atomic mass is 9.99. The first-order chi connectivity index (χ1) is 10.2. The van der Waals surface area contributed by atoms with Crippen LogP contribution >= 0.6 is 0 Å². The molecule has 2 heterocycles. The monoisotopic (exact) mass is 280 g/mol. The molecule has 0 aliphatic carbocycles. The zero-order chi connectivity index (χ0) is 14.7. The van der Waals surface area contributed by atoms with E-state index < -0.39 is 0 Å². The van der Waals surface area contributed by atoms with Crippen molar-refractivity contribution in [1.29, 1.82) is 0 Å². The smallest absolute Gasteiger partial charge is 0.255 e. The Hall–Kier alpha value is -2.16. The van der Waals surface area contributed by atoms with Gasteiger partial charge in [-0.25, -0.2) is 0 Å². The molecular weight excluding hydrogens is 260 g/mol. The van der Waals surface area contributed by atoms with Crippen LogP contribution < -0.4 is 0 Å². The second-order valence-corrected chi connectivity index (χ2v) is 5.83. The van der Waals surface area contributed by atoms with E-state index in [9.17, 15) is 4.79 Å². The van der Waals surface area contributed by atoms with Crippen molar-refractivity contribution in [3.8, 4) is 11.1 Å². The number of amides is 1. The minimum atomic E-state index is 0.104. The third-order valence-electron chi connectivity index (χ3n) is 4.04. The molecule has 108 valence electrons. The molecule has 1 aromatic carbocycles. The SMILES string of the molecule is CC1CCCN(C(=O)c2cncc(-c3ccccc3)c2)C1. The Morgan fingerprint density at radius 1 is 1.19 bits per heavy atom. The van der Waals surface area contributed by atoms with Crippen molar-refractivity contribution >= 4 is 5.91 Å². The maximum Gasteiger partial charge on any atom is 0.255 e. The van der Waals surface area contributed by atoms with Gasteiger partial charge in [0.2, 0.25) is 0 Å². The van der Waals surface area contributed by atoms with Gasteiger partial charge < -0.3 is 4.90 Å². The summed E-state index contributed by atoms with van der Waals surface area (Å²) in [5.74, 6) is 0.694. The van der Waals surface area contributed by atoms with Gasteiger partial charge in [-0.3, -0.25) is 9.78 Å². The fraction of sp³-hybridized carbons (Fsp3) is 0.333. The van der Waals surface area contributed by atoms with E-state index in [4.69, 9.17) is 0 Å². The lowest BCUT2D eigenvalue weighted by Crippen LogP contribution is -2.39. The van der Waals surface area contributed by atoms with Crippen molar-refractivity contribution in [3.05, 3.63) is 54.4 Å². The van der Waals surface area contributed by atoms with Gasteiger partial charge in [-0.2, -0.15) is 0 Å². The molecule has 3 nitrogen and oxygen atoms in total. The van der Waals surface area contributed by atoms with Gasteiger partial charge in [0.05, 0.1) is 5.56 Å². The number of piperidine rings is 1. The predicted octanol–water partition coefficient (Wildman–Crippen LogP) is 3.62. The van der Waals surface area contributed by atoms with Crippen LogP contribution in [0.3, 0.4) is 0 Å². The summed E-state index contributed by atoms with van der Waals surface area (Å²) in [6.45, 7) is 3.92. The van der Waals surface area contributed by atoms with Crippen LogP contribution in [0, 0.1) is 5.92 Å². The summed E-state index contributed by atoms with van der Waals surface area (Å²) in [5.41, 5.74) is 2.77. The summed E-state index contributed by atoms with van der Waals surface area (Å²) >= 11 is 0. The Balaban J connectivity index is 1.84. The number of hydrogen-bond acceptors (Lipinski definition) is 2. The van der Waals surface area contributed by atoms with E-state index in [2.05, 4.69) is 11.9 Å². The molecule has 0 spiro atoms. The Kier molecular flexibility index (Phi) is 4.00. The summed E-state index contributed by atoms with van der Waals surface area (Å²) < 4.78 is 0. The van der Waals surface area contributed by atoms with Crippen LogP contribution in [0.2, 0.25) is 0 Å². The van der Waals surface area contributed by atoms with Crippen molar-refractivity contribution in [3.63, 3.8) is 0 Å². The van der Waals surface area contributed by atoms with Crippen LogP contribution in [0.25, 0.3) is 11.1 Å². The average Bonchev–Trinajstić information content (AvgIpc) is 2.55. The molecule has 3 heteroatoms. The van der Waals surface area contributed by atoms with Gasteiger partial charge in [0.1, 0.15) is 0 Å². The van der Waals surface area contributed by atoms with Gasteiger partial charge in [0.25, 0.3) is 5.91 Å². The largest absolute Gasteiger partial charge is 0.338 e. The molecule has 1 aromatic heterocycles. The number of pyridine rings is 1. The second-order valence-electron chi connectivity index (χ2n) is 5.83. The lowest BCUT2D eigenvalue weighted by molar-refractivity contribution is 0.0682. The Morgan fingerprint density at radius 2 is 2.00 bits per heavy atom. The summed E-state index contributed by atoms with van der Waals surface area (Å²) in [4.78, 5) is 18.8. The van der Waals surface area contributed by atoms with Gasteiger partial charge in [-0.1, -0.05) is 37.3 Å². The standard InChI is InChI=1S/C18H20N2O/c1-14-6-5-9-20(13-14)18(21)17-10-16(11-19-12-17)15-7-3-2-4-8-15/h2-4,7-8,10-12,14H,5-6,9,13H2,1H3. The topological polar surface area (TPSA) is 33.2 Å². The van der Waals surface area contributed by atoms with E-state index in [1.54, 1.807) is 6.20 Å². The molecule has 0 radical (unpaired) electrons. The van der Waals surface area contributed by atoms with E-state index in [-0.39, 0.29) is 5.91 Å². The van der Waals surface area contributed by atoms with Crippen molar-refractivity contribution in [2.75, 3.05) is 13.1 Å². The second kappa shape index (κ2) is 6.08. The molecule has 0 bridgehead atoms. The van der Waals surface area contributed by atoms with E-state index in [1.807, 2.05) is 47.5 Å². The Morgan fingerprint density at radius 3 is 2.76 bits per heavy atom. The summed E-state index contributed by atoms with van der Waals surface area (Å²) in [7, 11) is 0. The van der Waals surface area contributed by atoms with Crippen LogP contribution in [0.4, 0.5) is 0 Å². The van der Waals surface area contributed by atoms with Crippen LogP contribution in [-0.4, -0.2) is 28.9 Å². The normalized spacial score (nSPS) is 18.5. The molecule has 1 atom stereocenters. The van der Waals surface area contributed by atoms with Gasteiger partial charge in [-0.15, -0.1) is 0 Å². The number of aromatic nitrogens is 1. The highest BCUT2D eigenvalue weighted by Gasteiger charge is 2.22. The van der Waals surface area contributed by atoms with Gasteiger partial charge >= 0.3 is 0 Å². The van der Waals surface area contributed by atoms with Gasteiger partial charge in [0.15, 0.2) is 0 Å². The fourth-order valence-corrected chi connectivity index (χ4v) is 2.90. The highest BCUT2D eigenvalue weighted by atomic mass is 16.2. The molecule has 0 saturated carbocycles. The Labute approximate surface area is 125 Å². The van der Waals surface area contributed by atoms with Crippen molar-refractivity contribution in [2.24, 2.45) is 5.92 Å². The fourth-order valence-electron chi connectivity index (χ4n) is 2.90. The van der Waals surface area contributed by atoms with E-state index >= 15 is 0 Å². The van der Waals surface area contributed by atoms with Crippen LogP contribution in [0.1, 0.15) is 30.1 Å². The number of hydrogen-bond donors (Lipinski definition) is 0. The quantitative estimate of drug-likeness (QED) is 0.841. The minimum Gasteiger partial charge on any atom is -0.338 e. The van der Waals surface area contributed by atoms with Gasteiger partial charge in [0, 0.05) is 31.0 Å². The molecule has 1 aliphatic rings. The van der Waals surface area contributed by atoms with Crippen molar-refractivity contribution in [1.82, 2.24) is 9.88 Å². The predicted molar refractivity (Wildman–Crippen MR) is 84.0 cm³/mol. The first-order valence-electron chi connectivity index (χ1n) is 7.54. The van der Waals surface area contributed by atoms with E-state index in [0.717, 1.165) is 30.6 Å². The van der Waals surface area contributed by atoms with Crippen LogP contribution in [-0.2, 0) is 0 Å². The number of rotatable bonds is 2. The molecule has 2 aromatic rings. The number of carbonyl (C=O) groups is 1. The zero-order valence-corrected chi connectivity index (χ0v) is 12.3.